The third-order valence-corrected chi connectivity index (χ3v) is 5.52. The minimum Gasteiger partial charge on any atom is -0.464 e. The number of esters is 1. The van der Waals surface area contributed by atoms with Gasteiger partial charge in [-0.2, -0.15) is 0 Å². The van der Waals surface area contributed by atoms with Gasteiger partial charge in [-0.05, 0) is 25.8 Å². The van der Waals surface area contributed by atoms with Crippen molar-refractivity contribution in [1.82, 2.24) is 9.55 Å². The normalized spacial score (nSPS) is 12.3. The van der Waals surface area contributed by atoms with E-state index in [-0.39, 0.29) is 5.56 Å². The highest BCUT2D eigenvalue weighted by Crippen LogP contribution is 2.31. The number of rotatable bonds is 7. The quantitative estimate of drug-likeness (QED) is 0.436. The van der Waals surface area contributed by atoms with Crippen LogP contribution in [0.1, 0.15) is 44.7 Å². The average molecular weight is 385 g/mol. The van der Waals surface area contributed by atoms with E-state index in [0.717, 1.165) is 36.0 Å². The van der Waals surface area contributed by atoms with Gasteiger partial charge in [0.15, 0.2) is 0 Å². The van der Waals surface area contributed by atoms with Gasteiger partial charge < -0.3 is 4.74 Å². The van der Waals surface area contributed by atoms with Gasteiger partial charge in [0.25, 0.3) is 5.56 Å². The molecule has 3 aromatic rings. The van der Waals surface area contributed by atoms with Gasteiger partial charge in [-0.25, -0.2) is 9.78 Å². The summed E-state index contributed by atoms with van der Waals surface area (Å²) in [6.45, 7) is 6.18. The van der Waals surface area contributed by atoms with Crippen molar-refractivity contribution < 1.29 is 9.53 Å². The topological polar surface area (TPSA) is 61.2 Å². The summed E-state index contributed by atoms with van der Waals surface area (Å²) in [5.41, 5.74) is 2.77. The van der Waals surface area contributed by atoms with Gasteiger partial charge in [0.2, 0.25) is 0 Å². The molecule has 0 aliphatic rings. The van der Waals surface area contributed by atoms with Crippen LogP contribution in [0.3, 0.4) is 0 Å². The van der Waals surface area contributed by atoms with Crippen LogP contribution in [0, 0.1) is 6.92 Å². The van der Waals surface area contributed by atoms with E-state index in [4.69, 9.17) is 4.74 Å². The van der Waals surface area contributed by atoms with Gasteiger partial charge in [-0.3, -0.25) is 9.36 Å². The first-order valence-electron chi connectivity index (χ1n) is 9.25. The number of thiophene rings is 1. The molecule has 0 spiro atoms. The maximum atomic E-state index is 13.1. The van der Waals surface area contributed by atoms with E-state index in [2.05, 4.69) is 11.9 Å². The monoisotopic (exact) mass is 384 g/mol. The maximum Gasteiger partial charge on any atom is 0.328 e. The molecule has 0 saturated heterocycles. The molecule has 1 atom stereocenters. The summed E-state index contributed by atoms with van der Waals surface area (Å²) in [7, 11) is 0. The summed E-state index contributed by atoms with van der Waals surface area (Å²) in [5.74, 6) is -0.401. The molecule has 1 aromatic carbocycles. The molecular weight excluding hydrogens is 360 g/mol. The van der Waals surface area contributed by atoms with Crippen LogP contribution in [0.25, 0.3) is 21.3 Å². The predicted molar refractivity (Wildman–Crippen MR) is 109 cm³/mol. The number of fused-ring (bicyclic) bond motifs is 1. The van der Waals surface area contributed by atoms with E-state index in [1.165, 1.54) is 22.2 Å². The number of ether oxygens (including phenoxy) is 1. The number of carbonyl (C=O) groups excluding carboxylic acids is 1. The number of unbranched alkanes of at least 4 members (excludes halogenated alkanes) is 2. The number of nitrogens with zero attached hydrogens (tertiary/aromatic N) is 2. The molecule has 5 nitrogen and oxygen atoms in total. The molecule has 0 aliphatic carbocycles. The largest absolute Gasteiger partial charge is 0.464 e. The van der Waals surface area contributed by atoms with Crippen molar-refractivity contribution in [3.63, 3.8) is 0 Å². The zero-order valence-corrected chi connectivity index (χ0v) is 16.7. The van der Waals surface area contributed by atoms with Gasteiger partial charge in [-0.1, -0.05) is 49.6 Å². The minimum absolute atomic E-state index is 0.213. The number of benzene rings is 1. The molecule has 2 heterocycles. The second-order valence-electron chi connectivity index (χ2n) is 6.70. The van der Waals surface area contributed by atoms with E-state index in [1.54, 1.807) is 6.92 Å². The highest BCUT2D eigenvalue weighted by Gasteiger charge is 2.21. The van der Waals surface area contributed by atoms with Crippen LogP contribution in [0.2, 0.25) is 0 Å². The maximum absolute atomic E-state index is 13.1. The van der Waals surface area contributed by atoms with Gasteiger partial charge in [-0.15, -0.1) is 11.3 Å². The summed E-state index contributed by atoms with van der Waals surface area (Å²) in [5, 5.41) is 2.50. The standard InChI is InChI=1S/C21H24N2O3S/c1-4-5-6-11-26-21(25)15(3)23-13-22-19-18(20(23)24)17(12-27-19)16-9-7-14(2)8-10-16/h7-10,12-13,15H,4-6,11H2,1-3H3/t15-/m1/s1. The van der Waals surface area contributed by atoms with E-state index in [9.17, 15) is 9.59 Å². The number of hydrogen-bond acceptors (Lipinski definition) is 5. The smallest absolute Gasteiger partial charge is 0.328 e. The molecule has 0 amide bonds. The van der Waals surface area contributed by atoms with Crippen molar-refractivity contribution in [2.75, 3.05) is 6.61 Å². The number of aryl methyl sites for hydroxylation is 1. The van der Waals surface area contributed by atoms with Crippen LogP contribution in [0.5, 0.6) is 0 Å². The first kappa shape index (κ1) is 19.3. The summed E-state index contributed by atoms with van der Waals surface area (Å²) >= 11 is 1.43. The van der Waals surface area contributed by atoms with Crippen LogP contribution in [0.15, 0.2) is 40.8 Å². The lowest BCUT2D eigenvalue weighted by atomic mass is 10.1. The Morgan fingerprint density at radius 3 is 2.70 bits per heavy atom. The Morgan fingerprint density at radius 2 is 2.00 bits per heavy atom. The summed E-state index contributed by atoms with van der Waals surface area (Å²) in [4.78, 5) is 30.5. The molecule has 0 aliphatic heterocycles. The Bertz CT molecular complexity index is 989. The average Bonchev–Trinajstić information content (AvgIpc) is 3.10. The molecular formula is C21H24N2O3S. The lowest BCUT2D eigenvalue weighted by Crippen LogP contribution is -2.29. The van der Waals surface area contributed by atoms with Crippen LogP contribution < -0.4 is 5.56 Å². The molecule has 2 aromatic heterocycles. The molecule has 0 saturated carbocycles. The zero-order chi connectivity index (χ0) is 19.4. The molecule has 6 heteroatoms. The van der Waals surface area contributed by atoms with Crippen molar-refractivity contribution in [2.45, 2.75) is 46.1 Å². The third kappa shape index (κ3) is 4.11. The highest BCUT2D eigenvalue weighted by atomic mass is 32.1. The van der Waals surface area contributed by atoms with E-state index < -0.39 is 12.0 Å². The molecule has 3 rings (SSSR count). The first-order chi connectivity index (χ1) is 13.0. The van der Waals surface area contributed by atoms with Crippen molar-refractivity contribution in [3.05, 3.63) is 51.9 Å². The lowest BCUT2D eigenvalue weighted by Gasteiger charge is -2.14. The number of aromatic nitrogens is 2. The predicted octanol–water partition coefficient (Wildman–Crippen LogP) is 4.73. The van der Waals surface area contributed by atoms with Gasteiger partial charge in [0.1, 0.15) is 10.9 Å². The van der Waals surface area contributed by atoms with Crippen molar-refractivity contribution >= 4 is 27.5 Å². The number of carbonyl (C=O) groups is 1. The second kappa shape index (κ2) is 8.48. The van der Waals surface area contributed by atoms with Crippen molar-refractivity contribution in [2.24, 2.45) is 0 Å². The molecule has 0 bridgehead atoms. The summed E-state index contributed by atoms with van der Waals surface area (Å²) < 4.78 is 6.68. The second-order valence-corrected chi connectivity index (χ2v) is 7.56. The van der Waals surface area contributed by atoms with Crippen molar-refractivity contribution in [1.29, 1.82) is 0 Å². The number of hydrogen-bond donors (Lipinski definition) is 0. The van der Waals surface area contributed by atoms with Crippen LogP contribution >= 0.6 is 11.3 Å². The van der Waals surface area contributed by atoms with Crippen LogP contribution in [-0.4, -0.2) is 22.1 Å². The van der Waals surface area contributed by atoms with Gasteiger partial charge in [0.05, 0.1) is 18.3 Å². The van der Waals surface area contributed by atoms with Gasteiger partial charge in [0, 0.05) is 10.9 Å². The fraction of sp³-hybridized carbons (Fsp3) is 0.381. The molecule has 0 fully saturated rings. The van der Waals surface area contributed by atoms with E-state index >= 15 is 0 Å². The third-order valence-electron chi connectivity index (χ3n) is 4.63. The minimum atomic E-state index is -0.707. The SMILES string of the molecule is CCCCCOC(=O)[C@@H](C)n1cnc2scc(-c3ccc(C)cc3)c2c1=O. The van der Waals surface area contributed by atoms with Crippen LogP contribution in [-0.2, 0) is 9.53 Å². The Hall–Kier alpha value is -2.47. The van der Waals surface area contributed by atoms with E-state index in [0.29, 0.717) is 16.8 Å². The molecule has 142 valence electrons. The Labute approximate surface area is 162 Å². The fourth-order valence-electron chi connectivity index (χ4n) is 2.93. The highest BCUT2D eigenvalue weighted by molar-refractivity contribution is 7.17. The Morgan fingerprint density at radius 1 is 1.26 bits per heavy atom. The fourth-order valence-corrected chi connectivity index (χ4v) is 3.83. The molecule has 0 N–H and O–H groups in total. The van der Waals surface area contributed by atoms with Crippen molar-refractivity contribution in [3.8, 4) is 11.1 Å². The summed E-state index contributed by atoms with van der Waals surface area (Å²) in [6, 6.07) is 7.33. The first-order valence-corrected chi connectivity index (χ1v) is 10.1. The Balaban J connectivity index is 1.92. The summed E-state index contributed by atoms with van der Waals surface area (Å²) in [6.07, 6.45) is 4.36. The lowest BCUT2D eigenvalue weighted by molar-refractivity contribution is -0.147. The molecule has 0 unspecified atom stereocenters. The van der Waals surface area contributed by atoms with Crippen LogP contribution in [0.4, 0.5) is 0 Å². The van der Waals surface area contributed by atoms with Gasteiger partial charge >= 0.3 is 5.97 Å². The zero-order valence-electron chi connectivity index (χ0n) is 15.9. The molecule has 27 heavy (non-hydrogen) atoms. The Kier molecular flexibility index (Phi) is 6.06. The molecule has 0 radical (unpaired) electrons. The van der Waals surface area contributed by atoms with E-state index in [1.807, 2.05) is 36.6 Å².